The normalized spacial score (nSPS) is 27.7. The molecule has 0 saturated carbocycles. The molecule has 1 fully saturated rings. The minimum atomic E-state index is 0.259. The number of rotatable bonds is 3. The maximum absolute atomic E-state index is 6.16. The fraction of sp³-hybridized carbons (Fsp3) is 0.727. The molecule has 0 aromatic carbocycles. The summed E-state index contributed by atoms with van der Waals surface area (Å²) in [6.07, 6.45) is 2.97. The topological polar surface area (TPSA) is 42.1 Å². The molecule has 2 heterocycles. The van der Waals surface area contributed by atoms with Crippen LogP contribution in [0.2, 0.25) is 0 Å². The number of aromatic nitrogens is 1. The molecule has 2 rings (SSSR count). The van der Waals surface area contributed by atoms with Crippen molar-refractivity contribution < 1.29 is 0 Å². The Labute approximate surface area is 95.3 Å². The quantitative estimate of drug-likeness (QED) is 0.854. The molecule has 1 aromatic rings. The van der Waals surface area contributed by atoms with Gasteiger partial charge in [0.25, 0.3) is 0 Å². The van der Waals surface area contributed by atoms with E-state index in [4.69, 9.17) is 5.73 Å². The Hall–Kier alpha value is -0.450. The van der Waals surface area contributed by atoms with Crippen LogP contribution in [0.3, 0.4) is 0 Å². The third kappa shape index (κ3) is 2.38. The Morgan fingerprint density at radius 3 is 3.07 bits per heavy atom. The molecule has 2 N–H and O–H groups in total. The summed E-state index contributed by atoms with van der Waals surface area (Å²) in [4.78, 5) is 6.88. The maximum atomic E-state index is 6.16. The minimum Gasteiger partial charge on any atom is -0.326 e. The Kier molecular flexibility index (Phi) is 3.38. The van der Waals surface area contributed by atoms with Crippen LogP contribution in [0.1, 0.15) is 31.3 Å². The van der Waals surface area contributed by atoms with Crippen molar-refractivity contribution >= 4 is 11.3 Å². The van der Waals surface area contributed by atoms with Gasteiger partial charge in [0.1, 0.15) is 5.01 Å². The second-order valence-electron chi connectivity index (χ2n) is 4.66. The van der Waals surface area contributed by atoms with Crippen molar-refractivity contribution in [2.75, 3.05) is 13.1 Å². The summed E-state index contributed by atoms with van der Waals surface area (Å²) in [5, 5.41) is 3.22. The number of likely N-dealkylation sites (tertiary alicyclic amines) is 1. The second kappa shape index (κ2) is 4.60. The third-order valence-corrected chi connectivity index (χ3v) is 3.70. The van der Waals surface area contributed by atoms with Gasteiger partial charge in [-0.25, -0.2) is 4.98 Å². The van der Waals surface area contributed by atoms with Crippen LogP contribution in [0.15, 0.2) is 11.6 Å². The van der Waals surface area contributed by atoms with Crippen molar-refractivity contribution in [3.8, 4) is 0 Å². The van der Waals surface area contributed by atoms with Crippen LogP contribution < -0.4 is 5.73 Å². The zero-order chi connectivity index (χ0) is 10.8. The molecule has 1 aliphatic rings. The van der Waals surface area contributed by atoms with Crippen LogP contribution in [-0.4, -0.2) is 29.0 Å². The molecule has 1 aliphatic heterocycles. The Morgan fingerprint density at radius 2 is 2.47 bits per heavy atom. The monoisotopic (exact) mass is 225 g/mol. The molecule has 84 valence electrons. The van der Waals surface area contributed by atoms with Gasteiger partial charge in [0, 0.05) is 30.7 Å². The van der Waals surface area contributed by atoms with Gasteiger partial charge in [0.2, 0.25) is 0 Å². The van der Waals surface area contributed by atoms with Gasteiger partial charge < -0.3 is 5.73 Å². The van der Waals surface area contributed by atoms with Crippen LogP contribution in [0.5, 0.6) is 0 Å². The summed E-state index contributed by atoms with van der Waals surface area (Å²) < 4.78 is 0. The first-order valence-corrected chi connectivity index (χ1v) is 6.45. The molecule has 15 heavy (non-hydrogen) atoms. The summed E-state index contributed by atoms with van der Waals surface area (Å²) in [6, 6.07) is 0.613. The average molecular weight is 225 g/mol. The molecule has 0 bridgehead atoms. The number of hydrogen-bond acceptors (Lipinski definition) is 4. The molecular weight excluding hydrogens is 206 g/mol. The highest BCUT2D eigenvalue weighted by Gasteiger charge is 2.34. The molecule has 0 aliphatic carbocycles. The molecule has 1 saturated heterocycles. The average Bonchev–Trinajstić information content (AvgIpc) is 2.74. The lowest BCUT2D eigenvalue weighted by molar-refractivity contribution is 0.221. The van der Waals surface area contributed by atoms with Crippen LogP contribution in [0, 0.1) is 5.92 Å². The zero-order valence-electron chi connectivity index (χ0n) is 9.39. The Balaban J connectivity index is 2.12. The SMILES string of the molecule is CC(C)CN1CCC(N)C1c1nccs1. The summed E-state index contributed by atoms with van der Waals surface area (Å²) in [5.74, 6) is 0.692. The number of hydrogen-bond donors (Lipinski definition) is 1. The summed E-state index contributed by atoms with van der Waals surface area (Å²) in [6.45, 7) is 6.74. The zero-order valence-corrected chi connectivity index (χ0v) is 10.2. The lowest BCUT2D eigenvalue weighted by Gasteiger charge is -2.26. The van der Waals surface area contributed by atoms with E-state index in [-0.39, 0.29) is 6.04 Å². The second-order valence-corrected chi connectivity index (χ2v) is 5.58. The van der Waals surface area contributed by atoms with E-state index in [2.05, 4.69) is 23.7 Å². The fourth-order valence-electron chi connectivity index (χ4n) is 2.28. The molecule has 3 nitrogen and oxygen atoms in total. The van der Waals surface area contributed by atoms with E-state index in [1.807, 2.05) is 11.6 Å². The number of nitrogens with two attached hydrogens (primary N) is 1. The third-order valence-electron chi connectivity index (χ3n) is 2.85. The van der Waals surface area contributed by atoms with Gasteiger partial charge in [-0.3, -0.25) is 4.90 Å². The molecule has 0 radical (unpaired) electrons. The van der Waals surface area contributed by atoms with Crippen LogP contribution in [0.4, 0.5) is 0 Å². The van der Waals surface area contributed by atoms with E-state index >= 15 is 0 Å². The van der Waals surface area contributed by atoms with Gasteiger partial charge in [-0.2, -0.15) is 0 Å². The minimum absolute atomic E-state index is 0.259. The highest BCUT2D eigenvalue weighted by molar-refractivity contribution is 7.09. The Morgan fingerprint density at radius 1 is 1.67 bits per heavy atom. The first-order valence-electron chi connectivity index (χ1n) is 5.57. The summed E-state index contributed by atoms with van der Waals surface area (Å²) >= 11 is 1.72. The largest absolute Gasteiger partial charge is 0.326 e. The summed E-state index contributed by atoms with van der Waals surface area (Å²) in [5.41, 5.74) is 6.16. The van der Waals surface area contributed by atoms with E-state index in [0.717, 1.165) is 19.5 Å². The van der Waals surface area contributed by atoms with Crippen LogP contribution >= 0.6 is 11.3 Å². The first kappa shape index (κ1) is 11.0. The van der Waals surface area contributed by atoms with Crippen molar-refractivity contribution in [1.29, 1.82) is 0 Å². The molecule has 0 amide bonds. The summed E-state index contributed by atoms with van der Waals surface area (Å²) in [7, 11) is 0. The molecule has 0 spiro atoms. The smallest absolute Gasteiger partial charge is 0.111 e. The lowest BCUT2D eigenvalue weighted by Crippen LogP contribution is -2.33. The molecule has 2 atom stereocenters. The predicted octanol–water partition coefficient (Wildman–Crippen LogP) is 1.87. The molecule has 2 unspecified atom stereocenters. The van der Waals surface area contributed by atoms with E-state index in [1.54, 1.807) is 11.3 Å². The van der Waals surface area contributed by atoms with E-state index in [1.165, 1.54) is 5.01 Å². The van der Waals surface area contributed by atoms with Crippen LogP contribution in [-0.2, 0) is 0 Å². The molecule has 1 aromatic heterocycles. The Bertz CT molecular complexity index is 297. The highest BCUT2D eigenvalue weighted by atomic mass is 32.1. The van der Waals surface area contributed by atoms with Crippen molar-refractivity contribution in [2.45, 2.75) is 32.4 Å². The van der Waals surface area contributed by atoms with E-state index in [9.17, 15) is 0 Å². The fourth-order valence-corrected chi connectivity index (χ4v) is 3.12. The molecule has 4 heteroatoms. The van der Waals surface area contributed by atoms with Crippen LogP contribution in [0.25, 0.3) is 0 Å². The van der Waals surface area contributed by atoms with Crippen molar-refractivity contribution in [2.24, 2.45) is 11.7 Å². The van der Waals surface area contributed by atoms with E-state index < -0.39 is 0 Å². The number of nitrogens with zero attached hydrogens (tertiary/aromatic N) is 2. The first-order chi connectivity index (χ1) is 7.18. The van der Waals surface area contributed by atoms with E-state index in [0.29, 0.717) is 12.0 Å². The van der Waals surface area contributed by atoms with Crippen molar-refractivity contribution in [1.82, 2.24) is 9.88 Å². The van der Waals surface area contributed by atoms with Gasteiger partial charge in [-0.1, -0.05) is 13.8 Å². The molecular formula is C11H19N3S. The van der Waals surface area contributed by atoms with Gasteiger partial charge in [-0.05, 0) is 12.3 Å². The standard InChI is InChI=1S/C11H19N3S/c1-8(2)7-14-5-3-9(12)10(14)11-13-4-6-15-11/h4,6,8-10H,3,5,7,12H2,1-2H3. The van der Waals surface area contributed by atoms with Gasteiger partial charge in [0.15, 0.2) is 0 Å². The maximum Gasteiger partial charge on any atom is 0.111 e. The number of thiazole rings is 1. The van der Waals surface area contributed by atoms with Gasteiger partial charge in [0.05, 0.1) is 6.04 Å². The predicted molar refractivity (Wildman–Crippen MR) is 63.9 cm³/mol. The lowest BCUT2D eigenvalue weighted by atomic mass is 10.1. The van der Waals surface area contributed by atoms with Gasteiger partial charge >= 0.3 is 0 Å². The highest BCUT2D eigenvalue weighted by Crippen LogP contribution is 2.32. The van der Waals surface area contributed by atoms with Crippen molar-refractivity contribution in [3.63, 3.8) is 0 Å². The van der Waals surface area contributed by atoms with Gasteiger partial charge in [-0.15, -0.1) is 11.3 Å². The van der Waals surface area contributed by atoms with Crippen molar-refractivity contribution in [3.05, 3.63) is 16.6 Å².